The van der Waals surface area contributed by atoms with Crippen molar-refractivity contribution in [1.29, 1.82) is 0 Å². The number of anilines is 2. The van der Waals surface area contributed by atoms with E-state index in [1.807, 2.05) is 38.1 Å². The fraction of sp³-hybridized carbons (Fsp3) is 0.136. The van der Waals surface area contributed by atoms with Gasteiger partial charge in [-0.3, -0.25) is 5.73 Å². The molecule has 4 rings (SSSR count). The van der Waals surface area contributed by atoms with E-state index in [0.717, 1.165) is 11.1 Å². The Morgan fingerprint density at radius 2 is 1.61 bits per heavy atom. The van der Waals surface area contributed by atoms with E-state index in [9.17, 15) is 8.78 Å². The van der Waals surface area contributed by atoms with Crippen LogP contribution in [0.15, 0.2) is 65.7 Å². The van der Waals surface area contributed by atoms with E-state index >= 15 is 0 Å². The molecule has 0 fully saturated rings. The molecule has 6 heteroatoms. The van der Waals surface area contributed by atoms with Crippen molar-refractivity contribution in [3.63, 3.8) is 0 Å². The molecule has 1 atom stereocenters. The van der Waals surface area contributed by atoms with Gasteiger partial charge < -0.3 is 10.6 Å². The summed E-state index contributed by atoms with van der Waals surface area (Å²) in [5.41, 5.74) is 8.65. The summed E-state index contributed by atoms with van der Waals surface area (Å²) >= 11 is 0. The molecule has 0 saturated heterocycles. The Hall–Kier alpha value is -3.25. The van der Waals surface area contributed by atoms with Crippen molar-refractivity contribution in [3.05, 3.63) is 89.0 Å². The van der Waals surface area contributed by atoms with Gasteiger partial charge >= 0.3 is 0 Å². The summed E-state index contributed by atoms with van der Waals surface area (Å²) in [5, 5.41) is 6.17. The number of rotatable bonds is 2. The lowest BCUT2D eigenvalue weighted by molar-refractivity contribution is 0.565. The molecule has 1 aliphatic rings. The van der Waals surface area contributed by atoms with Crippen LogP contribution in [0, 0.1) is 25.5 Å². The number of nitrogens with two attached hydrogens (primary N) is 1. The van der Waals surface area contributed by atoms with Crippen molar-refractivity contribution in [1.82, 2.24) is 0 Å². The standard InChI is InChI=1S/C22H20F2N4/c1-13-7-9-16(23)15(11-13)22(25)21(26-18-5-3-4-6-19(18)28-22)27-20-12-14(2)8-10-17(20)24/h3-12,28H,25H2,1-2H3,(H,26,27). The van der Waals surface area contributed by atoms with Gasteiger partial charge in [-0.2, -0.15) is 0 Å². The zero-order chi connectivity index (χ0) is 19.9. The van der Waals surface area contributed by atoms with Crippen LogP contribution in [-0.2, 0) is 5.66 Å². The zero-order valence-electron chi connectivity index (χ0n) is 15.6. The number of fused-ring (bicyclic) bond motifs is 1. The second-order valence-corrected chi connectivity index (χ2v) is 7.00. The summed E-state index contributed by atoms with van der Waals surface area (Å²) in [6.07, 6.45) is 0. The van der Waals surface area contributed by atoms with E-state index in [1.54, 1.807) is 24.3 Å². The average molecular weight is 378 g/mol. The first kappa shape index (κ1) is 18.1. The van der Waals surface area contributed by atoms with Crippen LogP contribution in [0.1, 0.15) is 16.7 Å². The third-order valence-electron chi connectivity index (χ3n) is 4.76. The van der Waals surface area contributed by atoms with E-state index in [0.29, 0.717) is 11.4 Å². The molecule has 1 aliphatic heterocycles. The molecule has 1 unspecified atom stereocenters. The Kier molecular flexibility index (Phi) is 4.35. The molecule has 0 spiro atoms. The first-order chi connectivity index (χ1) is 13.4. The number of halogens is 2. The zero-order valence-corrected chi connectivity index (χ0v) is 15.6. The van der Waals surface area contributed by atoms with Crippen LogP contribution < -0.4 is 16.4 Å². The maximum Gasteiger partial charge on any atom is 0.175 e. The molecule has 3 aromatic rings. The van der Waals surface area contributed by atoms with Gasteiger partial charge in [0, 0.05) is 5.56 Å². The van der Waals surface area contributed by atoms with E-state index in [4.69, 9.17) is 5.73 Å². The quantitative estimate of drug-likeness (QED) is 0.591. The molecule has 142 valence electrons. The largest absolute Gasteiger partial charge is 0.356 e. The second-order valence-electron chi connectivity index (χ2n) is 7.00. The molecule has 3 aromatic carbocycles. The number of nitrogens with one attached hydrogen (secondary N) is 2. The number of nitrogens with zero attached hydrogens (tertiary/aromatic N) is 1. The van der Waals surface area contributed by atoms with Crippen LogP contribution >= 0.6 is 0 Å². The Bertz CT molecular complexity index is 1090. The Balaban J connectivity index is 1.89. The minimum absolute atomic E-state index is 0.209. The fourth-order valence-corrected chi connectivity index (χ4v) is 3.28. The first-order valence-corrected chi connectivity index (χ1v) is 8.92. The van der Waals surface area contributed by atoms with Crippen LogP contribution in [0.2, 0.25) is 0 Å². The summed E-state index contributed by atoms with van der Waals surface area (Å²) < 4.78 is 29.1. The number of hydrogen-bond donors (Lipinski definition) is 3. The van der Waals surface area contributed by atoms with Gasteiger partial charge in [-0.05, 0) is 55.8 Å². The Morgan fingerprint density at radius 1 is 0.929 bits per heavy atom. The number of aryl methyl sites for hydroxylation is 2. The minimum Gasteiger partial charge on any atom is -0.356 e. The van der Waals surface area contributed by atoms with Gasteiger partial charge in [0.25, 0.3) is 0 Å². The van der Waals surface area contributed by atoms with Crippen LogP contribution in [0.25, 0.3) is 0 Å². The van der Waals surface area contributed by atoms with Gasteiger partial charge in [0.2, 0.25) is 0 Å². The molecule has 28 heavy (non-hydrogen) atoms. The SMILES string of the molecule is Cc1ccc(F)c(NC2=Nc3ccccc3NC2(N)c2cc(C)ccc2F)c1. The van der Waals surface area contributed by atoms with Gasteiger partial charge in [0.05, 0.1) is 17.1 Å². The van der Waals surface area contributed by atoms with Crippen molar-refractivity contribution in [2.75, 3.05) is 10.6 Å². The van der Waals surface area contributed by atoms with Crippen molar-refractivity contribution >= 4 is 22.9 Å². The molecule has 4 nitrogen and oxygen atoms in total. The van der Waals surface area contributed by atoms with Gasteiger partial charge in [-0.1, -0.05) is 29.8 Å². The Labute approximate surface area is 162 Å². The number of amidine groups is 1. The lowest BCUT2D eigenvalue weighted by atomic mass is 9.94. The topological polar surface area (TPSA) is 62.4 Å². The fourth-order valence-electron chi connectivity index (χ4n) is 3.28. The molecular weight excluding hydrogens is 358 g/mol. The van der Waals surface area contributed by atoms with Crippen LogP contribution in [-0.4, -0.2) is 5.84 Å². The molecule has 0 aromatic heterocycles. The first-order valence-electron chi connectivity index (χ1n) is 8.92. The summed E-state index contributed by atoms with van der Waals surface area (Å²) in [6.45, 7) is 3.71. The monoisotopic (exact) mass is 378 g/mol. The number of benzene rings is 3. The predicted octanol–water partition coefficient (Wildman–Crippen LogP) is 4.96. The summed E-state index contributed by atoms with van der Waals surface area (Å²) in [5.74, 6) is -0.710. The molecule has 1 heterocycles. The molecule has 0 radical (unpaired) electrons. The maximum atomic E-state index is 14.8. The third-order valence-corrected chi connectivity index (χ3v) is 4.76. The Morgan fingerprint density at radius 3 is 2.39 bits per heavy atom. The minimum atomic E-state index is -1.50. The highest BCUT2D eigenvalue weighted by atomic mass is 19.1. The van der Waals surface area contributed by atoms with Gasteiger partial charge in [-0.15, -0.1) is 0 Å². The van der Waals surface area contributed by atoms with Crippen molar-refractivity contribution in [3.8, 4) is 0 Å². The van der Waals surface area contributed by atoms with E-state index in [2.05, 4.69) is 15.6 Å². The van der Waals surface area contributed by atoms with Crippen molar-refractivity contribution < 1.29 is 8.78 Å². The van der Waals surface area contributed by atoms with Crippen LogP contribution in [0.5, 0.6) is 0 Å². The maximum absolute atomic E-state index is 14.8. The molecule has 4 N–H and O–H groups in total. The highest BCUT2D eigenvalue weighted by molar-refractivity contribution is 6.08. The smallest absolute Gasteiger partial charge is 0.175 e. The second kappa shape index (κ2) is 6.73. The molecular formula is C22H20F2N4. The highest BCUT2D eigenvalue weighted by Crippen LogP contribution is 2.37. The van der Waals surface area contributed by atoms with Crippen molar-refractivity contribution in [2.45, 2.75) is 19.5 Å². The van der Waals surface area contributed by atoms with Gasteiger partial charge in [-0.25, -0.2) is 13.8 Å². The van der Waals surface area contributed by atoms with E-state index < -0.39 is 17.3 Å². The lowest BCUT2D eigenvalue weighted by Crippen LogP contribution is -2.56. The van der Waals surface area contributed by atoms with Gasteiger partial charge in [0.15, 0.2) is 11.5 Å². The molecule has 0 aliphatic carbocycles. The highest BCUT2D eigenvalue weighted by Gasteiger charge is 2.40. The number of aliphatic imine (C=N–C) groups is 1. The summed E-state index contributed by atoms with van der Waals surface area (Å²) in [7, 11) is 0. The van der Waals surface area contributed by atoms with E-state index in [1.165, 1.54) is 12.1 Å². The molecule has 0 amide bonds. The van der Waals surface area contributed by atoms with Crippen molar-refractivity contribution in [2.24, 2.45) is 10.7 Å². The predicted molar refractivity (Wildman–Crippen MR) is 109 cm³/mol. The third kappa shape index (κ3) is 3.12. The van der Waals surface area contributed by atoms with Crippen LogP contribution in [0.3, 0.4) is 0 Å². The number of hydrogen-bond acceptors (Lipinski definition) is 4. The average Bonchev–Trinajstić information content (AvgIpc) is 2.67. The normalized spacial score (nSPS) is 18.1. The lowest BCUT2D eigenvalue weighted by Gasteiger charge is -2.37. The number of para-hydroxylation sites is 2. The van der Waals surface area contributed by atoms with E-state index in [-0.39, 0.29) is 17.1 Å². The van der Waals surface area contributed by atoms with Crippen LogP contribution in [0.4, 0.5) is 25.8 Å². The van der Waals surface area contributed by atoms with Gasteiger partial charge in [0.1, 0.15) is 11.6 Å². The molecule has 0 bridgehead atoms. The summed E-state index contributed by atoms with van der Waals surface area (Å²) in [6, 6.07) is 16.7. The summed E-state index contributed by atoms with van der Waals surface area (Å²) in [4.78, 5) is 4.60. The molecule has 0 saturated carbocycles.